The molecule has 3 N–H and O–H groups in total. The number of nitrogens with two attached hydrogens (primary N) is 1. The Labute approximate surface area is 136 Å². The van der Waals surface area contributed by atoms with Crippen LogP contribution in [0.25, 0.3) is 11.4 Å². The van der Waals surface area contributed by atoms with Gasteiger partial charge < -0.3 is 11.1 Å². The van der Waals surface area contributed by atoms with Gasteiger partial charge in [-0.3, -0.25) is 9.78 Å². The van der Waals surface area contributed by atoms with E-state index in [1.54, 1.807) is 26.0 Å². The fourth-order valence-corrected chi connectivity index (χ4v) is 1.71. The Hall–Kier alpha value is -2.71. The number of amides is 1. The molecule has 0 radical (unpaired) electrons. The van der Waals surface area contributed by atoms with Gasteiger partial charge in [0.2, 0.25) is 5.91 Å². The van der Waals surface area contributed by atoms with E-state index < -0.39 is 23.2 Å². The van der Waals surface area contributed by atoms with Gasteiger partial charge in [-0.25, -0.2) is 9.97 Å². The number of pyridine rings is 1. The van der Waals surface area contributed by atoms with Crippen LogP contribution in [0.4, 0.5) is 19.0 Å². The van der Waals surface area contributed by atoms with Crippen LogP contribution in [0, 0.1) is 5.41 Å². The van der Waals surface area contributed by atoms with Crippen molar-refractivity contribution in [1.29, 1.82) is 0 Å². The van der Waals surface area contributed by atoms with Crippen molar-refractivity contribution in [2.24, 2.45) is 11.1 Å². The van der Waals surface area contributed by atoms with Crippen LogP contribution < -0.4 is 11.1 Å². The van der Waals surface area contributed by atoms with Crippen LogP contribution in [0.2, 0.25) is 0 Å². The van der Waals surface area contributed by atoms with Crippen molar-refractivity contribution in [1.82, 2.24) is 15.0 Å². The van der Waals surface area contributed by atoms with E-state index in [1.807, 2.05) is 0 Å². The number of rotatable bonds is 5. The summed E-state index contributed by atoms with van der Waals surface area (Å²) in [5.74, 6) is -0.740. The summed E-state index contributed by atoms with van der Waals surface area (Å²) in [4.78, 5) is 22.8. The van der Waals surface area contributed by atoms with Gasteiger partial charge in [-0.15, -0.1) is 0 Å². The number of halogens is 3. The maximum atomic E-state index is 13.1. The summed E-state index contributed by atoms with van der Waals surface area (Å²) in [6.45, 7) is 3.19. The van der Waals surface area contributed by atoms with Crippen molar-refractivity contribution in [3.63, 3.8) is 0 Å². The normalized spacial score (nSPS) is 12.0. The molecule has 0 bridgehead atoms. The number of carbonyl (C=O) groups is 1. The van der Waals surface area contributed by atoms with Crippen LogP contribution in [0.5, 0.6) is 0 Å². The number of primary amides is 1. The Morgan fingerprint density at radius 1 is 1.29 bits per heavy atom. The molecule has 2 aromatic rings. The van der Waals surface area contributed by atoms with Gasteiger partial charge in [-0.2, -0.15) is 13.2 Å². The second-order valence-corrected chi connectivity index (χ2v) is 5.80. The Morgan fingerprint density at radius 3 is 2.54 bits per heavy atom. The molecule has 0 aliphatic carbocycles. The second-order valence-electron chi connectivity index (χ2n) is 5.80. The lowest BCUT2D eigenvalue weighted by molar-refractivity contribution is -0.141. The first-order valence-electron chi connectivity index (χ1n) is 7.00. The maximum absolute atomic E-state index is 13.1. The van der Waals surface area contributed by atoms with Crippen LogP contribution in [0.1, 0.15) is 19.5 Å². The summed E-state index contributed by atoms with van der Waals surface area (Å²) in [6.07, 6.45) is -1.77. The highest BCUT2D eigenvalue weighted by Crippen LogP contribution is 2.31. The van der Waals surface area contributed by atoms with Crippen molar-refractivity contribution in [3.8, 4) is 11.4 Å². The highest BCUT2D eigenvalue weighted by molar-refractivity contribution is 5.80. The predicted octanol–water partition coefficient (Wildman–Crippen LogP) is 2.48. The monoisotopic (exact) mass is 339 g/mol. The summed E-state index contributed by atoms with van der Waals surface area (Å²) < 4.78 is 39.2. The minimum absolute atomic E-state index is 0.0309. The molecule has 0 saturated carbocycles. The quantitative estimate of drug-likeness (QED) is 0.873. The van der Waals surface area contributed by atoms with Gasteiger partial charge in [0.1, 0.15) is 5.82 Å². The lowest BCUT2D eigenvalue weighted by Gasteiger charge is -2.21. The minimum Gasteiger partial charge on any atom is -0.369 e. The lowest BCUT2D eigenvalue weighted by atomic mass is 9.93. The number of hydrogen-bond donors (Lipinski definition) is 2. The fourth-order valence-electron chi connectivity index (χ4n) is 1.71. The predicted molar refractivity (Wildman–Crippen MR) is 81.7 cm³/mol. The van der Waals surface area contributed by atoms with Crippen molar-refractivity contribution in [2.45, 2.75) is 20.0 Å². The standard InChI is InChI=1S/C15H16F3N5O/c1-14(2,13(19)24)8-21-11-6-10(15(16,17)18)22-12(23-11)9-4-3-5-20-7-9/h3-7H,8H2,1-2H3,(H2,19,24)(H,21,22,23). The maximum Gasteiger partial charge on any atom is 0.433 e. The summed E-state index contributed by atoms with van der Waals surface area (Å²) in [5, 5.41) is 2.72. The van der Waals surface area contributed by atoms with Crippen LogP contribution in [0.3, 0.4) is 0 Å². The highest BCUT2D eigenvalue weighted by Gasteiger charge is 2.34. The molecule has 2 heterocycles. The van der Waals surface area contributed by atoms with Gasteiger partial charge in [-0.05, 0) is 26.0 Å². The molecule has 0 saturated heterocycles. The third-order valence-electron chi connectivity index (χ3n) is 3.31. The van der Waals surface area contributed by atoms with Gasteiger partial charge in [-0.1, -0.05) is 0 Å². The molecule has 0 spiro atoms. The third-order valence-corrected chi connectivity index (χ3v) is 3.31. The number of aromatic nitrogens is 3. The molecule has 0 aliphatic heterocycles. The highest BCUT2D eigenvalue weighted by atomic mass is 19.4. The first kappa shape index (κ1) is 17.6. The smallest absolute Gasteiger partial charge is 0.369 e. The van der Waals surface area contributed by atoms with Crippen molar-refractivity contribution in [2.75, 3.05) is 11.9 Å². The zero-order chi connectivity index (χ0) is 18.0. The number of alkyl halides is 3. The van der Waals surface area contributed by atoms with Crippen LogP contribution in [0.15, 0.2) is 30.6 Å². The van der Waals surface area contributed by atoms with Gasteiger partial charge in [0, 0.05) is 30.6 Å². The number of nitrogens with zero attached hydrogens (tertiary/aromatic N) is 3. The fraction of sp³-hybridized carbons (Fsp3) is 0.333. The van der Waals surface area contributed by atoms with E-state index in [2.05, 4.69) is 20.3 Å². The zero-order valence-electron chi connectivity index (χ0n) is 13.1. The number of nitrogens with one attached hydrogen (secondary N) is 1. The van der Waals surface area contributed by atoms with Crippen LogP contribution in [-0.4, -0.2) is 27.4 Å². The molecular weight excluding hydrogens is 323 g/mol. The Kier molecular flexibility index (Phi) is 4.72. The average Bonchev–Trinajstić information content (AvgIpc) is 2.52. The van der Waals surface area contributed by atoms with Crippen molar-refractivity contribution >= 4 is 11.7 Å². The average molecular weight is 339 g/mol. The Bertz CT molecular complexity index is 732. The SMILES string of the molecule is CC(C)(CNc1cc(C(F)(F)F)nc(-c2cccnc2)n1)C(N)=O. The van der Waals surface area contributed by atoms with Crippen molar-refractivity contribution < 1.29 is 18.0 Å². The third kappa shape index (κ3) is 4.18. The molecule has 0 aliphatic rings. The summed E-state index contributed by atoms with van der Waals surface area (Å²) in [5.41, 5.74) is 3.57. The lowest BCUT2D eigenvalue weighted by Crippen LogP contribution is -2.37. The van der Waals surface area contributed by atoms with Crippen molar-refractivity contribution in [3.05, 3.63) is 36.3 Å². The largest absolute Gasteiger partial charge is 0.433 e. The first-order chi connectivity index (χ1) is 11.1. The first-order valence-corrected chi connectivity index (χ1v) is 7.00. The van der Waals surface area contributed by atoms with E-state index in [9.17, 15) is 18.0 Å². The molecule has 2 rings (SSSR count). The summed E-state index contributed by atoms with van der Waals surface area (Å²) >= 11 is 0. The second kappa shape index (κ2) is 6.42. The molecule has 0 fully saturated rings. The molecule has 24 heavy (non-hydrogen) atoms. The van der Waals surface area contributed by atoms with Crippen LogP contribution in [-0.2, 0) is 11.0 Å². The Balaban J connectivity index is 2.39. The van der Waals surface area contributed by atoms with E-state index in [0.29, 0.717) is 5.56 Å². The van der Waals surface area contributed by atoms with Gasteiger partial charge in [0.15, 0.2) is 11.5 Å². The van der Waals surface area contributed by atoms with E-state index >= 15 is 0 Å². The molecule has 0 unspecified atom stereocenters. The Morgan fingerprint density at radius 2 is 2.00 bits per heavy atom. The molecular formula is C15H16F3N5O. The molecule has 6 nitrogen and oxygen atoms in total. The van der Waals surface area contributed by atoms with Gasteiger partial charge in [0.25, 0.3) is 0 Å². The van der Waals surface area contributed by atoms with Gasteiger partial charge in [0.05, 0.1) is 5.41 Å². The molecule has 1 amide bonds. The van der Waals surface area contributed by atoms with E-state index in [-0.39, 0.29) is 18.2 Å². The topological polar surface area (TPSA) is 93.8 Å². The molecule has 0 aromatic carbocycles. The van der Waals surface area contributed by atoms with Gasteiger partial charge >= 0.3 is 6.18 Å². The molecule has 0 atom stereocenters. The van der Waals surface area contributed by atoms with E-state index in [1.165, 1.54) is 12.4 Å². The van der Waals surface area contributed by atoms with Crippen LogP contribution >= 0.6 is 0 Å². The number of hydrogen-bond acceptors (Lipinski definition) is 5. The summed E-state index contributed by atoms with van der Waals surface area (Å²) in [7, 11) is 0. The molecule has 128 valence electrons. The summed E-state index contributed by atoms with van der Waals surface area (Å²) in [6, 6.07) is 3.92. The molecule has 2 aromatic heterocycles. The number of anilines is 1. The zero-order valence-corrected chi connectivity index (χ0v) is 13.1. The number of carbonyl (C=O) groups excluding carboxylic acids is 1. The van der Waals surface area contributed by atoms with E-state index in [4.69, 9.17) is 5.73 Å². The van der Waals surface area contributed by atoms with E-state index in [0.717, 1.165) is 6.07 Å². The molecule has 9 heteroatoms. The minimum atomic E-state index is -4.63.